The van der Waals surface area contributed by atoms with Crippen molar-refractivity contribution < 1.29 is 9.90 Å². The molecule has 0 atom stereocenters. The number of aliphatic hydroxyl groups excluding tert-OH is 1. The van der Waals surface area contributed by atoms with Gasteiger partial charge in [0.15, 0.2) is 0 Å². The predicted octanol–water partition coefficient (Wildman–Crippen LogP) is 1.95. The van der Waals surface area contributed by atoms with Crippen LogP contribution < -0.4 is 5.32 Å². The summed E-state index contributed by atoms with van der Waals surface area (Å²) in [4.78, 5) is 11.4. The van der Waals surface area contributed by atoms with Gasteiger partial charge in [-0.2, -0.15) is 0 Å². The lowest BCUT2D eigenvalue weighted by Gasteiger charge is -2.24. The molecule has 0 bridgehead atoms. The van der Waals surface area contributed by atoms with E-state index < -0.39 is 0 Å². The second-order valence-corrected chi connectivity index (χ2v) is 5.37. The number of rotatable bonds is 7. The average molecular weight is 215 g/mol. The Bertz CT molecular complexity index is 188. The first-order valence-electron chi connectivity index (χ1n) is 5.75. The lowest BCUT2D eigenvalue weighted by molar-refractivity contribution is -0.122. The van der Waals surface area contributed by atoms with Crippen LogP contribution in [0.2, 0.25) is 0 Å². The van der Waals surface area contributed by atoms with Crippen molar-refractivity contribution in [3.8, 4) is 0 Å². The highest BCUT2D eigenvalue weighted by molar-refractivity contribution is 5.76. The molecule has 0 spiro atoms. The number of carbonyl (C=O) groups is 1. The van der Waals surface area contributed by atoms with Crippen LogP contribution in [0.25, 0.3) is 0 Å². The summed E-state index contributed by atoms with van der Waals surface area (Å²) in [6, 6.07) is 0. The third-order valence-corrected chi connectivity index (χ3v) is 2.37. The minimum atomic E-state index is 0.0787. The van der Waals surface area contributed by atoms with Crippen LogP contribution in [0, 0.1) is 11.3 Å². The van der Waals surface area contributed by atoms with Crippen molar-refractivity contribution in [2.24, 2.45) is 11.3 Å². The molecule has 0 saturated carbocycles. The van der Waals surface area contributed by atoms with Crippen LogP contribution in [0.3, 0.4) is 0 Å². The van der Waals surface area contributed by atoms with Crippen molar-refractivity contribution in [2.45, 2.75) is 47.0 Å². The third-order valence-electron chi connectivity index (χ3n) is 2.37. The van der Waals surface area contributed by atoms with E-state index in [-0.39, 0.29) is 17.9 Å². The quantitative estimate of drug-likeness (QED) is 0.682. The number of nitrogens with one attached hydrogen (secondary N) is 1. The van der Waals surface area contributed by atoms with Gasteiger partial charge in [-0.3, -0.25) is 4.79 Å². The normalized spacial score (nSPS) is 11.9. The minimum absolute atomic E-state index is 0.0787. The summed E-state index contributed by atoms with van der Waals surface area (Å²) in [5.74, 6) is 0.535. The molecule has 0 aromatic rings. The lowest BCUT2D eigenvalue weighted by Crippen LogP contribution is -2.34. The van der Waals surface area contributed by atoms with Gasteiger partial charge < -0.3 is 10.4 Å². The minimum Gasteiger partial charge on any atom is -0.396 e. The summed E-state index contributed by atoms with van der Waals surface area (Å²) < 4.78 is 0. The fourth-order valence-electron chi connectivity index (χ4n) is 1.43. The van der Waals surface area contributed by atoms with Crippen molar-refractivity contribution in [1.82, 2.24) is 5.32 Å². The first-order valence-corrected chi connectivity index (χ1v) is 5.75. The van der Waals surface area contributed by atoms with Crippen LogP contribution >= 0.6 is 0 Å². The molecule has 0 aromatic heterocycles. The van der Waals surface area contributed by atoms with Crippen LogP contribution in [-0.4, -0.2) is 24.2 Å². The topological polar surface area (TPSA) is 49.3 Å². The van der Waals surface area contributed by atoms with E-state index in [1.165, 1.54) is 0 Å². The van der Waals surface area contributed by atoms with Crippen LogP contribution in [0.5, 0.6) is 0 Å². The van der Waals surface area contributed by atoms with Gasteiger partial charge in [-0.25, -0.2) is 0 Å². The van der Waals surface area contributed by atoms with Gasteiger partial charge in [0.1, 0.15) is 0 Å². The van der Waals surface area contributed by atoms with Gasteiger partial charge in [0.25, 0.3) is 0 Å². The zero-order valence-corrected chi connectivity index (χ0v) is 10.5. The maximum Gasteiger partial charge on any atom is 0.220 e. The predicted molar refractivity (Wildman–Crippen MR) is 62.6 cm³/mol. The molecule has 0 aliphatic rings. The van der Waals surface area contributed by atoms with E-state index >= 15 is 0 Å². The zero-order valence-electron chi connectivity index (χ0n) is 10.5. The first kappa shape index (κ1) is 14.4. The highest BCUT2D eigenvalue weighted by Crippen LogP contribution is 2.20. The molecule has 0 unspecified atom stereocenters. The molecular formula is C12H25NO2. The smallest absolute Gasteiger partial charge is 0.220 e. The number of carbonyl (C=O) groups excluding carboxylic acids is 1. The molecule has 90 valence electrons. The summed E-state index contributed by atoms with van der Waals surface area (Å²) in [6.07, 6.45) is 2.33. The van der Waals surface area contributed by atoms with E-state index in [1.807, 2.05) is 13.8 Å². The molecule has 0 fully saturated rings. The molecule has 0 aliphatic carbocycles. The largest absolute Gasteiger partial charge is 0.396 e. The Morgan fingerprint density at radius 3 is 2.47 bits per heavy atom. The van der Waals surface area contributed by atoms with Crippen LogP contribution in [0.15, 0.2) is 0 Å². The summed E-state index contributed by atoms with van der Waals surface area (Å²) in [6.45, 7) is 9.21. The van der Waals surface area contributed by atoms with Gasteiger partial charge in [-0.05, 0) is 24.2 Å². The average Bonchev–Trinajstić information content (AvgIpc) is 2.11. The van der Waals surface area contributed by atoms with Gasteiger partial charge >= 0.3 is 0 Å². The maximum absolute atomic E-state index is 11.4. The lowest BCUT2D eigenvalue weighted by atomic mass is 9.88. The second-order valence-electron chi connectivity index (χ2n) is 5.37. The van der Waals surface area contributed by atoms with E-state index in [0.717, 1.165) is 12.8 Å². The molecule has 15 heavy (non-hydrogen) atoms. The second kappa shape index (κ2) is 6.83. The Balaban J connectivity index is 3.77. The molecule has 0 aliphatic heterocycles. The van der Waals surface area contributed by atoms with E-state index in [0.29, 0.717) is 18.9 Å². The Hall–Kier alpha value is -0.570. The molecule has 0 radical (unpaired) electrons. The van der Waals surface area contributed by atoms with Gasteiger partial charge in [-0.15, -0.1) is 0 Å². The molecule has 0 heterocycles. The standard InChI is InChI=1S/C12H25NO2/c1-10(2)8-11(15)13-9-12(3,4)6-5-7-14/h10,14H,5-9H2,1-4H3,(H,13,15). The Morgan fingerprint density at radius 1 is 1.40 bits per heavy atom. The molecule has 0 aromatic carbocycles. The molecule has 0 rings (SSSR count). The molecule has 3 nitrogen and oxygen atoms in total. The van der Waals surface area contributed by atoms with Crippen LogP contribution in [0.1, 0.15) is 47.0 Å². The highest BCUT2D eigenvalue weighted by atomic mass is 16.2. The number of hydrogen-bond donors (Lipinski definition) is 2. The summed E-state index contributed by atoms with van der Waals surface area (Å²) >= 11 is 0. The zero-order chi connectivity index (χ0) is 11.9. The number of hydrogen-bond acceptors (Lipinski definition) is 2. The van der Waals surface area contributed by atoms with Crippen LogP contribution in [0.4, 0.5) is 0 Å². The summed E-state index contributed by atoms with van der Waals surface area (Å²) in [5.41, 5.74) is 0.0787. The Kier molecular flexibility index (Phi) is 6.57. The number of aliphatic hydroxyl groups is 1. The molecule has 3 heteroatoms. The van der Waals surface area contributed by atoms with Gasteiger partial charge in [0.05, 0.1) is 0 Å². The van der Waals surface area contributed by atoms with E-state index in [4.69, 9.17) is 5.11 Å². The van der Waals surface area contributed by atoms with Crippen molar-refractivity contribution >= 4 is 5.91 Å². The number of amides is 1. The van der Waals surface area contributed by atoms with Gasteiger partial charge in [0, 0.05) is 19.6 Å². The van der Waals surface area contributed by atoms with E-state index in [2.05, 4.69) is 19.2 Å². The van der Waals surface area contributed by atoms with Crippen molar-refractivity contribution in [1.29, 1.82) is 0 Å². The molecule has 0 saturated heterocycles. The maximum atomic E-state index is 11.4. The van der Waals surface area contributed by atoms with Crippen molar-refractivity contribution in [3.63, 3.8) is 0 Å². The van der Waals surface area contributed by atoms with Gasteiger partial charge in [-0.1, -0.05) is 27.7 Å². The molecule has 1 amide bonds. The fourth-order valence-corrected chi connectivity index (χ4v) is 1.43. The summed E-state index contributed by atoms with van der Waals surface area (Å²) in [5, 5.41) is 11.7. The van der Waals surface area contributed by atoms with E-state index in [1.54, 1.807) is 0 Å². The van der Waals surface area contributed by atoms with Crippen molar-refractivity contribution in [2.75, 3.05) is 13.2 Å². The van der Waals surface area contributed by atoms with Gasteiger partial charge in [0.2, 0.25) is 5.91 Å². The molecule has 2 N–H and O–H groups in total. The summed E-state index contributed by atoms with van der Waals surface area (Å²) in [7, 11) is 0. The fraction of sp³-hybridized carbons (Fsp3) is 0.917. The SMILES string of the molecule is CC(C)CC(=O)NCC(C)(C)CCCO. The Morgan fingerprint density at radius 2 is 2.00 bits per heavy atom. The highest BCUT2D eigenvalue weighted by Gasteiger charge is 2.18. The van der Waals surface area contributed by atoms with Crippen LogP contribution in [-0.2, 0) is 4.79 Å². The van der Waals surface area contributed by atoms with Crippen molar-refractivity contribution in [3.05, 3.63) is 0 Å². The molecular weight excluding hydrogens is 190 g/mol. The third kappa shape index (κ3) is 8.43. The Labute approximate surface area is 93.3 Å². The first-order chi connectivity index (χ1) is 6.87. The monoisotopic (exact) mass is 215 g/mol. The van der Waals surface area contributed by atoms with E-state index in [9.17, 15) is 4.79 Å².